The summed E-state index contributed by atoms with van der Waals surface area (Å²) < 4.78 is 44.6. The number of hydrogen-bond donors (Lipinski definition) is 2. The molecule has 0 aliphatic carbocycles. The first kappa shape index (κ1) is 36.1. The molecule has 2 N–H and O–H groups in total. The van der Waals surface area contributed by atoms with Crippen LogP contribution in [0.1, 0.15) is 83.0 Å². The van der Waals surface area contributed by atoms with Crippen LogP contribution in [-0.4, -0.2) is 45.9 Å². The lowest BCUT2D eigenvalue weighted by atomic mass is 10.1. The van der Waals surface area contributed by atoms with Crippen molar-refractivity contribution in [2.75, 3.05) is 13.2 Å². The van der Waals surface area contributed by atoms with E-state index >= 15 is 0 Å². The number of aromatic nitrogens is 1. The first-order valence-corrected chi connectivity index (χ1v) is 16.6. The molecule has 48 heavy (non-hydrogen) atoms. The molecule has 254 valence electrons. The summed E-state index contributed by atoms with van der Waals surface area (Å²) in [5.41, 5.74) is 1.86. The first-order valence-electron chi connectivity index (χ1n) is 15.8. The Hall–Kier alpha value is -4.71. The normalized spacial score (nSPS) is 11.2. The lowest BCUT2D eigenvalue weighted by Crippen LogP contribution is -2.30. The Labute approximate surface area is 281 Å². The highest BCUT2D eigenvalue weighted by Crippen LogP contribution is 2.30. The third kappa shape index (κ3) is 10.9. The van der Waals surface area contributed by atoms with E-state index in [2.05, 4.69) is 12.2 Å². The maximum absolute atomic E-state index is 13.6. The zero-order valence-electron chi connectivity index (χ0n) is 26.6. The number of carbonyl (C=O) groups excluding carboxylic acids is 2. The van der Waals surface area contributed by atoms with Gasteiger partial charge in [-0.15, -0.1) is 11.3 Å². The van der Waals surface area contributed by atoms with Crippen LogP contribution in [0.3, 0.4) is 0 Å². The van der Waals surface area contributed by atoms with Crippen LogP contribution in [0.2, 0.25) is 0 Å². The number of nitrogens with zero attached hydrogens (tertiary/aromatic N) is 2. The fourth-order valence-corrected chi connectivity index (χ4v) is 5.74. The second-order valence-electron chi connectivity index (χ2n) is 11.3. The zero-order chi connectivity index (χ0) is 34.5. The van der Waals surface area contributed by atoms with Gasteiger partial charge in [-0.2, -0.15) is 13.2 Å². The molecule has 3 aromatic carbocycles. The Morgan fingerprint density at radius 2 is 1.50 bits per heavy atom. The Morgan fingerprint density at radius 3 is 2.15 bits per heavy atom. The van der Waals surface area contributed by atoms with E-state index in [1.807, 2.05) is 17.5 Å². The van der Waals surface area contributed by atoms with Crippen LogP contribution >= 0.6 is 11.3 Å². The SMILES string of the molecule is CCCCCCCCNC(=O)c1ccc(-c2nc(CN(Cc3ccc(OCC(=O)O)cc3)C(=O)c3ccc(C(F)(F)F)cc3)cs2)cc1. The van der Waals surface area contributed by atoms with E-state index in [0.29, 0.717) is 34.1 Å². The van der Waals surface area contributed by atoms with Crippen molar-refractivity contribution >= 4 is 29.1 Å². The Morgan fingerprint density at radius 1 is 0.854 bits per heavy atom. The Kier molecular flexibility index (Phi) is 13.1. The summed E-state index contributed by atoms with van der Waals surface area (Å²) in [6.45, 7) is 2.49. The van der Waals surface area contributed by atoms with E-state index in [9.17, 15) is 27.6 Å². The van der Waals surface area contributed by atoms with Crippen LogP contribution in [0, 0.1) is 0 Å². The van der Waals surface area contributed by atoms with Gasteiger partial charge in [0.05, 0.1) is 17.8 Å². The number of carbonyl (C=O) groups is 3. The Balaban J connectivity index is 1.44. The highest BCUT2D eigenvalue weighted by molar-refractivity contribution is 7.13. The average Bonchev–Trinajstić information content (AvgIpc) is 3.55. The number of halogens is 3. The first-order chi connectivity index (χ1) is 23.0. The van der Waals surface area contributed by atoms with Gasteiger partial charge in [0, 0.05) is 35.2 Å². The number of carboxylic acids is 1. The lowest BCUT2D eigenvalue weighted by Gasteiger charge is -2.22. The van der Waals surface area contributed by atoms with Crippen molar-refractivity contribution in [1.29, 1.82) is 0 Å². The van der Waals surface area contributed by atoms with Gasteiger partial charge in [-0.1, -0.05) is 63.3 Å². The number of amides is 2. The molecule has 0 bridgehead atoms. The van der Waals surface area contributed by atoms with E-state index in [4.69, 9.17) is 14.8 Å². The number of alkyl halides is 3. The molecule has 0 saturated heterocycles. The molecule has 0 fully saturated rings. The largest absolute Gasteiger partial charge is 0.482 e. The molecule has 1 heterocycles. The fourth-order valence-electron chi connectivity index (χ4n) is 4.92. The van der Waals surface area contributed by atoms with Gasteiger partial charge in [0.15, 0.2) is 6.61 Å². The van der Waals surface area contributed by atoms with Gasteiger partial charge in [0.1, 0.15) is 10.8 Å². The maximum atomic E-state index is 13.6. The van der Waals surface area contributed by atoms with Gasteiger partial charge in [-0.25, -0.2) is 9.78 Å². The quantitative estimate of drug-likeness (QED) is 0.109. The molecule has 0 atom stereocenters. The second kappa shape index (κ2) is 17.4. The van der Waals surface area contributed by atoms with Gasteiger partial charge in [-0.05, 0) is 60.5 Å². The van der Waals surface area contributed by atoms with Gasteiger partial charge in [0.25, 0.3) is 11.8 Å². The highest BCUT2D eigenvalue weighted by Gasteiger charge is 2.30. The number of hydrogen-bond acceptors (Lipinski definition) is 6. The molecule has 4 aromatic rings. The molecule has 0 spiro atoms. The van der Waals surface area contributed by atoms with Gasteiger partial charge >= 0.3 is 12.1 Å². The molecule has 8 nitrogen and oxygen atoms in total. The molecule has 1 aromatic heterocycles. The predicted octanol–water partition coefficient (Wildman–Crippen LogP) is 8.23. The topological polar surface area (TPSA) is 109 Å². The molecule has 0 unspecified atom stereocenters. The molecule has 0 radical (unpaired) electrons. The van der Waals surface area contributed by atoms with Crippen molar-refractivity contribution in [3.63, 3.8) is 0 Å². The third-order valence-electron chi connectivity index (χ3n) is 7.52. The van der Waals surface area contributed by atoms with Crippen molar-refractivity contribution in [2.24, 2.45) is 0 Å². The number of thiazole rings is 1. The van der Waals surface area contributed by atoms with Crippen molar-refractivity contribution in [3.8, 4) is 16.3 Å². The van der Waals surface area contributed by atoms with Crippen LogP contribution in [-0.2, 0) is 24.1 Å². The molecule has 0 aliphatic rings. The van der Waals surface area contributed by atoms with E-state index < -0.39 is 30.2 Å². The summed E-state index contributed by atoms with van der Waals surface area (Å²) >= 11 is 1.37. The number of benzene rings is 3. The molecule has 0 aliphatic heterocycles. The minimum atomic E-state index is -4.53. The van der Waals surface area contributed by atoms with E-state index in [1.54, 1.807) is 36.4 Å². The smallest absolute Gasteiger partial charge is 0.416 e. The van der Waals surface area contributed by atoms with Crippen LogP contribution in [0.5, 0.6) is 5.75 Å². The molecule has 0 saturated carbocycles. The summed E-state index contributed by atoms with van der Waals surface area (Å²) in [6, 6.07) is 17.7. The molecule has 12 heteroatoms. The summed E-state index contributed by atoms with van der Waals surface area (Å²) in [7, 11) is 0. The Bertz CT molecular complexity index is 1640. The predicted molar refractivity (Wildman–Crippen MR) is 178 cm³/mol. The van der Waals surface area contributed by atoms with Gasteiger partial charge in [0.2, 0.25) is 0 Å². The van der Waals surface area contributed by atoms with Crippen molar-refractivity contribution in [2.45, 2.75) is 64.7 Å². The number of unbranched alkanes of at least 4 members (excludes halogenated alkanes) is 5. The molecular weight excluding hydrogens is 643 g/mol. The molecular formula is C36H38F3N3O5S. The number of rotatable bonds is 17. The van der Waals surface area contributed by atoms with Crippen LogP contribution < -0.4 is 10.1 Å². The van der Waals surface area contributed by atoms with Gasteiger partial charge in [-0.3, -0.25) is 9.59 Å². The third-order valence-corrected chi connectivity index (χ3v) is 8.46. The van der Waals surface area contributed by atoms with Crippen molar-refractivity contribution < 1.29 is 37.4 Å². The molecule has 2 amide bonds. The lowest BCUT2D eigenvalue weighted by molar-refractivity contribution is -0.139. The minimum Gasteiger partial charge on any atom is -0.482 e. The van der Waals surface area contributed by atoms with Crippen LogP contribution in [0.25, 0.3) is 10.6 Å². The average molecular weight is 682 g/mol. The van der Waals surface area contributed by atoms with Crippen molar-refractivity contribution in [1.82, 2.24) is 15.2 Å². The van der Waals surface area contributed by atoms with Gasteiger partial charge < -0.3 is 20.1 Å². The maximum Gasteiger partial charge on any atom is 0.416 e. The number of ether oxygens (including phenoxy) is 1. The summed E-state index contributed by atoms with van der Waals surface area (Å²) in [4.78, 5) is 43.1. The van der Waals surface area contributed by atoms with Crippen LogP contribution in [0.4, 0.5) is 13.2 Å². The summed E-state index contributed by atoms with van der Waals surface area (Å²) in [6.07, 6.45) is 2.34. The summed E-state index contributed by atoms with van der Waals surface area (Å²) in [5.74, 6) is -1.39. The van der Waals surface area contributed by atoms with Crippen LogP contribution in [0.15, 0.2) is 78.2 Å². The molecule has 4 rings (SSSR count). The van der Waals surface area contributed by atoms with Crippen molar-refractivity contribution in [3.05, 3.63) is 106 Å². The summed E-state index contributed by atoms with van der Waals surface area (Å²) in [5, 5.41) is 14.3. The number of nitrogens with one attached hydrogen (secondary N) is 1. The monoisotopic (exact) mass is 681 g/mol. The van der Waals surface area contributed by atoms with E-state index in [-0.39, 0.29) is 24.6 Å². The van der Waals surface area contributed by atoms with E-state index in [0.717, 1.165) is 42.7 Å². The fraction of sp³-hybridized carbons (Fsp3) is 0.333. The zero-order valence-corrected chi connectivity index (χ0v) is 27.4. The number of aliphatic carboxylic acids is 1. The second-order valence-corrected chi connectivity index (χ2v) is 12.2. The number of carboxylic acid groups (broad SMARTS) is 1. The highest BCUT2D eigenvalue weighted by atomic mass is 32.1. The van der Waals surface area contributed by atoms with E-state index in [1.165, 1.54) is 41.9 Å². The minimum absolute atomic E-state index is 0.0759. The standard InChI is InChI=1S/C36H38F3N3O5S/c1-2-3-4-5-6-7-20-40-33(45)26-10-12-27(13-11-26)34-41-30(24-48-34)22-42(21-25-8-18-31(19-9-25)47-23-32(43)44)35(46)28-14-16-29(17-15-28)36(37,38)39/h8-19,24H,2-7,20-23H2,1H3,(H,40,45)(H,43,44).